The summed E-state index contributed by atoms with van der Waals surface area (Å²) >= 11 is 0. The first-order chi connectivity index (χ1) is 27.7. The largest absolute Gasteiger partial charge is 0.456 e. The molecule has 0 fully saturated rings. The van der Waals surface area contributed by atoms with Crippen molar-refractivity contribution in [3.8, 4) is 39.5 Å². The van der Waals surface area contributed by atoms with Crippen LogP contribution >= 0.6 is 0 Å². The molecule has 268 valence electrons. The van der Waals surface area contributed by atoms with E-state index >= 15 is 0 Å². The van der Waals surface area contributed by atoms with Gasteiger partial charge in [0.05, 0.1) is 22.4 Å². The Hall–Kier alpha value is -7.30. The number of nitrogens with zero attached hydrogens (tertiary/aromatic N) is 3. The number of fused-ring (bicyclic) bond motifs is 7. The zero-order chi connectivity index (χ0) is 37.8. The van der Waals surface area contributed by atoms with Gasteiger partial charge in [0.1, 0.15) is 11.2 Å². The maximum absolute atomic E-state index is 6.41. The highest BCUT2D eigenvalue weighted by atomic mass is 16.3. The minimum atomic E-state index is 0.676. The number of para-hydroxylation sites is 2. The molecule has 0 saturated carbocycles. The lowest BCUT2D eigenvalue weighted by Gasteiger charge is -2.19. The molecule has 9 rings (SSSR count). The van der Waals surface area contributed by atoms with E-state index in [4.69, 9.17) is 14.4 Å². The Morgan fingerprint density at radius 1 is 0.607 bits per heavy atom. The van der Waals surface area contributed by atoms with Gasteiger partial charge in [-0.05, 0) is 60.5 Å². The van der Waals surface area contributed by atoms with Crippen LogP contribution in [-0.2, 0) is 6.42 Å². The van der Waals surface area contributed by atoms with Crippen LogP contribution in [0.2, 0.25) is 0 Å². The van der Waals surface area contributed by atoms with E-state index in [-0.39, 0.29) is 0 Å². The Kier molecular flexibility index (Phi) is 9.36. The summed E-state index contributed by atoms with van der Waals surface area (Å²) in [6.45, 7) is 5.92. The average molecular weight is 722 g/mol. The quantitative estimate of drug-likeness (QED) is 0.132. The third-order valence-corrected chi connectivity index (χ3v) is 10.1. The Bertz CT molecular complexity index is 3010. The van der Waals surface area contributed by atoms with Crippen LogP contribution in [0.25, 0.3) is 89.3 Å². The van der Waals surface area contributed by atoms with Crippen molar-refractivity contribution in [2.45, 2.75) is 13.3 Å². The number of hydrogen-bond donors (Lipinski definition) is 0. The van der Waals surface area contributed by atoms with Gasteiger partial charge in [-0.15, -0.1) is 0 Å². The van der Waals surface area contributed by atoms with E-state index in [1.807, 2.05) is 49.4 Å². The third kappa shape index (κ3) is 6.37. The third-order valence-electron chi connectivity index (χ3n) is 10.1. The standard InChI is InChI=1S/C52H39N3O/c1-3-5-7-11-25-38-33-39(52-53-40(26-16-8-6-4-2)35-44(54-52)37-23-14-10-15-24-37)34-43(36-21-12-9-13-22-36)51(38)55-45-29-19-17-27-41(45)49-46(55)31-32-48-50(49)42-28-18-20-30-47(42)56-48/h3-25,27-35H,1,26H2,2H3/b6-4-,7-5-,16-8-,25-11+. The summed E-state index contributed by atoms with van der Waals surface area (Å²) in [4.78, 5) is 10.4. The van der Waals surface area contributed by atoms with Crippen molar-refractivity contribution in [2.24, 2.45) is 0 Å². The topological polar surface area (TPSA) is 43.9 Å². The number of furan rings is 1. The molecule has 56 heavy (non-hydrogen) atoms. The highest BCUT2D eigenvalue weighted by Gasteiger charge is 2.23. The van der Waals surface area contributed by atoms with Gasteiger partial charge in [-0.2, -0.15) is 0 Å². The fraction of sp³-hybridized carbons (Fsp3) is 0.0385. The van der Waals surface area contributed by atoms with Gasteiger partial charge in [0.25, 0.3) is 0 Å². The Balaban J connectivity index is 1.37. The van der Waals surface area contributed by atoms with E-state index in [9.17, 15) is 0 Å². The molecular weight excluding hydrogens is 683 g/mol. The monoisotopic (exact) mass is 721 g/mol. The summed E-state index contributed by atoms with van der Waals surface area (Å²) in [7, 11) is 0. The van der Waals surface area contributed by atoms with E-state index < -0.39 is 0 Å². The maximum atomic E-state index is 6.41. The van der Waals surface area contributed by atoms with Crippen LogP contribution in [0.4, 0.5) is 0 Å². The second kappa shape index (κ2) is 15.2. The van der Waals surface area contributed by atoms with E-state index in [0.29, 0.717) is 12.2 Å². The minimum absolute atomic E-state index is 0.676. The van der Waals surface area contributed by atoms with Crippen LogP contribution in [0.5, 0.6) is 0 Å². The molecule has 4 nitrogen and oxygen atoms in total. The van der Waals surface area contributed by atoms with Gasteiger partial charge in [0, 0.05) is 50.4 Å². The lowest BCUT2D eigenvalue weighted by Crippen LogP contribution is -2.03. The number of aromatic nitrogens is 3. The molecule has 6 aromatic carbocycles. The first-order valence-electron chi connectivity index (χ1n) is 19.0. The molecule has 4 heteroatoms. The number of benzene rings is 6. The molecular formula is C52H39N3O. The van der Waals surface area contributed by atoms with Crippen LogP contribution in [0.3, 0.4) is 0 Å². The first kappa shape index (κ1) is 34.5. The summed E-state index contributed by atoms with van der Waals surface area (Å²) in [5.74, 6) is 0.676. The van der Waals surface area contributed by atoms with Gasteiger partial charge in [-0.1, -0.05) is 158 Å². The van der Waals surface area contributed by atoms with Crippen molar-refractivity contribution in [3.63, 3.8) is 0 Å². The highest BCUT2D eigenvalue weighted by molar-refractivity contribution is 6.27. The van der Waals surface area contributed by atoms with Gasteiger partial charge in [-0.25, -0.2) is 9.97 Å². The predicted molar refractivity (Wildman–Crippen MR) is 236 cm³/mol. The van der Waals surface area contributed by atoms with E-state index in [2.05, 4.69) is 157 Å². The number of hydrogen-bond acceptors (Lipinski definition) is 3. The molecule has 0 aliphatic rings. The normalized spacial score (nSPS) is 12.2. The molecule has 0 bridgehead atoms. The minimum Gasteiger partial charge on any atom is -0.456 e. The predicted octanol–water partition coefficient (Wildman–Crippen LogP) is 13.9. The van der Waals surface area contributed by atoms with Crippen LogP contribution in [-0.4, -0.2) is 14.5 Å². The molecule has 0 saturated heterocycles. The van der Waals surface area contributed by atoms with Crippen LogP contribution in [0.1, 0.15) is 18.2 Å². The second-order valence-electron chi connectivity index (χ2n) is 13.7. The fourth-order valence-electron chi connectivity index (χ4n) is 7.68. The molecule has 0 spiro atoms. The van der Waals surface area contributed by atoms with Gasteiger partial charge < -0.3 is 8.98 Å². The SMILES string of the molecule is C=C/C=C\C=C\c1cc(-c2nc(C/C=C\C=C/C)cc(-c3ccccc3)n2)cc(-c2ccccc2)c1-n1c2ccccc2c2c3c(ccc21)oc1ccccc13. The maximum Gasteiger partial charge on any atom is 0.160 e. The average Bonchev–Trinajstić information content (AvgIpc) is 3.80. The highest BCUT2D eigenvalue weighted by Crippen LogP contribution is 2.44. The number of allylic oxidation sites excluding steroid dienone is 8. The van der Waals surface area contributed by atoms with Gasteiger partial charge in [0.2, 0.25) is 0 Å². The lowest BCUT2D eigenvalue weighted by molar-refractivity contribution is 0.669. The van der Waals surface area contributed by atoms with Crippen LogP contribution in [0.15, 0.2) is 199 Å². The molecule has 0 N–H and O–H groups in total. The zero-order valence-corrected chi connectivity index (χ0v) is 31.1. The molecule has 0 radical (unpaired) electrons. The van der Waals surface area contributed by atoms with Crippen molar-refractivity contribution in [2.75, 3.05) is 0 Å². The van der Waals surface area contributed by atoms with Gasteiger partial charge in [-0.3, -0.25) is 0 Å². The van der Waals surface area contributed by atoms with Crippen molar-refractivity contribution < 1.29 is 4.42 Å². The van der Waals surface area contributed by atoms with E-state index in [1.165, 1.54) is 10.8 Å². The molecule has 0 unspecified atom stereocenters. The summed E-state index contributed by atoms with van der Waals surface area (Å²) in [6, 6.07) is 48.9. The Morgan fingerprint density at radius 2 is 1.36 bits per heavy atom. The lowest BCUT2D eigenvalue weighted by atomic mass is 9.95. The first-order valence-corrected chi connectivity index (χ1v) is 19.0. The molecule has 3 aromatic heterocycles. The molecule has 3 heterocycles. The molecule has 0 aliphatic carbocycles. The van der Waals surface area contributed by atoms with Crippen molar-refractivity contribution >= 4 is 49.8 Å². The molecule has 0 amide bonds. The van der Waals surface area contributed by atoms with Gasteiger partial charge >= 0.3 is 0 Å². The summed E-state index contributed by atoms with van der Waals surface area (Å²) in [5.41, 5.74) is 12.0. The smallest absolute Gasteiger partial charge is 0.160 e. The van der Waals surface area contributed by atoms with Crippen molar-refractivity contribution in [3.05, 3.63) is 206 Å². The van der Waals surface area contributed by atoms with Crippen LogP contribution < -0.4 is 0 Å². The molecule has 0 aliphatic heterocycles. The fourth-order valence-corrected chi connectivity index (χ4v) is 7.68. The Labute approximate surface area is 326 Å². The van der Waals surface area contributed by atoms with E-state index in [1.54, 1.807) is 6.08 Å². The summed E-state index contributed by atoms with van der Waals surface area (Å²) < 4.78 is 8.84. The Morgan fingerprint density at radius 3 is 2.16 bits per heavy atom. The second-order valence-corrected chi connectivity index (χ2v) is 13.7. The van der Waals surface area contributed by atoms with E-state index in [0.717, 1.165) is 77.9 Å². The van der Waals surface area contributed by atoms with Crippen LogP contribution in [0, 0.1) is 0 Å². The summed E-state index contributed by atoms with van der Waals surface area (Å²) in [5, 5.41) is 4.57. The summed E-state index contributed by atoms with van der Waals surface area (Å²) in [6.07, 6.45) is 19.0. The zero-order valence-electron chi connectivity index (χ0n) is 31.1. The number of rotatable bonds is 10. The van der Waals surface area contributed by atoms with Crippen molar-refractivity contribution in [1.29, 1.82) is 0 Å². The molecule has 9 aromatic rings. The van der Waals surface area contributed by atoms with Gasteiger partial charge in [0.15, 0.2) is 5.82 Å². The molecule has 0 atom stereocenters. The van der Waals surface area contributed by atoms with Crippen molar-refractivity contribution in [1.82, 2.24) is 14.5 Å².